The molecule has 5 heterocycles. The number of benzene rings is 3. The Balaban J connectivity index is 1.18. The molecule has 0 radical (unpaired) electrons. The minimum absolute atomic E-state index is 0.0108. The summed E-state index contributed by atoms with van der Waals surface area (Å²) in [6.45, 7) is 3.85. The predicted octanol–water partition coefficient (Wildman–Crippen LogP) is -3.19. The van der Waals surface area contributed by atoms with E-state index >= 15 is 28.8 Å². The number of carbonyl (C=O) groups is 17. The molecule has 3 fully saturated rings. The summed E-state index contributed by atoms with van der Waals surface area (Å²) < 4.78 is 0. The molecule has 5 aromatic rings. The van der Waals surface area contributed by atoms with Crippen LogP contribution in [0.2, 0.25) is 0 Å². The number of aliphatic hydroxyl groups is 2. The maximum absolute atomic E-state index is 15.7. The Hall–Kier alpha value is -13.0. The fourth-order valence-corrected chi connectivity index (χ4v) is 17.0. The molecule has 43 nitrogen and oxygen atoms in total. The summed E-state index contributed by atoms with van der Waals surface area (Å²) >= 11 is 0.778. The van der Waals surface area contributed by atoms with Gasteiger partial charge in [-0.2, -0.15) is 0 Å². The van der Waals surface area contributed by atoms with Gasteiger partial charge in [0.2, 0.25) is 94.5 Å². The maximum Gasteiger partial charge on any atom is 0.303 e. The normalized spacial score (nSPS) is 25.0. The summed E-state index contributed by atoms with van der Waals surface area (Å²) in [7, 11) is 3.93. The average molecular weight is 1860 g/mol. The molecule has 0 saturated carbocycles. The molecule has 15 atom stereocenters. The Morgan fingerprint density at radius 1 is 0.538 bits per heavy atom. The molecular weight excluding hydrogens is 1730 g/mol. The molecule has 0 spiro atoms. The Morgan fingerprint density at radius 3 is 1.68 bits per heavy atom. The number of carboxylic acids is 1. The highest BCUT2D eigenvalue weighted by Gasteiger charge is 2.46. The Morgan fingerprint density at radius 2 is 1.07 bits per heavy atom. The van der Waals surface area contributed by atoms with Crippen LogP contribution in [-0.4, -0.2) is 324 Å². The van der Waals surface area contributed by atoms with Crippen LogP contribution in [0.1, 0.15) is 141 Å². The number of phenolic OH excluding ortho intramolecular Hbond substituents is 1. The first-order valence-corrected chi connectivity index (χ1v) is 45.5. The first-order valence-electron chi connectivity index (χ1n) is 44.3. The summed E-state index contributed by atoms with van der Waals surface area (Å²) in [6, 6.07) is -2.04. The van der Waals surface area contributed by atoms with E-state index in [2.05, 4.69) is 68.5 Å². The first kappa shape index (κ1) is 104. The molecule has 0 bridgehead atoms. The van der Waals surface area contributed by atoms with E-state index in [1.165, 1.54) is 64.2 Å². The van der Waals surface area contributed by atoms with Gasteiger partial charge in [-0.15, -0.1) is 11.8 Å². The largest absolute Gasteiger partial charge is 0.508 e. The SMILES string of the molecule is CCCC[C@H]1C(=O)N(C)[C@@H](CCCC)C(=O)N[C@@H](CCCNC(=N)N)C(=O)N[C@H](C(=O)NCC(N)=O)CSCC(=O)N[C@@H](Cc2ccc(O)cc2)C(=O)N(C)[C@@H](C)C(=O)N[C@@H](CCCN)C(=O)N2CCC[C@H]2C(=O)N[C@@H](C)C(=O)N[C@@H](CCC(=O)O)C(=O)N2C[C@@H](O)C[C@H]2C(=O)N[C@@H](Cc2c[nH]c3ccccc23)C(=O)N[C@@H](CO)C(=O)N[C@@H](Cc2c[nH]c3ccccc23)C(=O)N1C. The number of primary amides is 1. The number of nitrogens with two attached hydrogens (primary N) is 3. The molecule has 132 heavy (non-hydrogen) atoms. The van der Waals surface area contributed by atoms with Crippen molar-refractivity contribution in [2.75, 3.05) is 72.0 Å². The zero-order valence-corrected chi connectivity index (χ0v) is 76.0. The standard InChI is InChI=1S/C88H126N22O21S/c1-8-10-25-67-80(124)99-59(24-17-35-93-88(91)92)77(121)105-66(76(120)96-43-71(90)114)46-132-47-72(115)98-63(37-50-28-30-53(112)31-29-50)83(127)106(5)49(4)75(119)101-60(23-16-34-89)85(129)109-36-18-27-68(109)81(125)97-48(3)74(118)100-61(32-33-73(116)117)86(130)110-44-54(113)40-70(110)82(126)102-62(38-51-41-94-57-21-14-12-19-55(51)57)78(122)104-65(45-111)79(123)103-64(39-52-42-95-58-22-15-13-20-56(52)58)84(128)108(7)69(26-11-9-2)87(131)107(67)6/h12-15,19-22,28-31,41-42,48-49,54,59-70,94-95,111-113H,8-11,16-18,23-27,32-40,43-47,89H2,1-7H3,(H2,90,114)(H,96,120)(H,97,125)(H,98,115)(H,99,124)(H,100,118)(H,101,119)(H,102,126)(H,103,123)(H,104,122)(H,105,121)(H,116,117)(H4,91,92,93)/t48-,49-,54-,59-,60-,61-,62-,63-,64-,65-,66-,67-,68-,69-,70-/m0/s1. The third-order valence-corrected chi connectivity index (χ3v) is 24.7. The summed E-state index contributed by atoms with van der Waals surface area (Å²) in [5.41, 5.74) is 19.6. The number of guanidine groups is 1. The number of H-pyrrole nitrogens is 2. The number of hydrogen-bond acceptors (Lipinski definition) is 23. The molecule has 24 N–H and O–H groups in total. The molecule has 2 aromatic heterocycles. The van der Waals surface area contributed by atoms with E-state index in [1.807, 2.05) is 13.8 Å². The minimum Gasteiger partial charge on any atom is -0.508 e. The zero-order valence-electron chi connectivity index (χ0n) is 75.2. The molecule has 44 heteroatoms. The van der Waals surface area contributed by atoms with Crippen LogP contribution in [-0.2, 0) is 101 Å². The maximum atomic E-state index is 15.7. The van der Waals surface area contributed by atoms with E-state index in [9.17, 15) is 73.2 Å². The summed E-state index contributed by atoms with van der Waals surface area (Å²) in [4.78, 5) is 259. The second kappa shape index (κ2) is 50.4. The van der Waals surface area contributed by atoms with E-state index in [0.29, 0.717) is 64.2 Å². The molecule has 3 aromatic carbocycles. The topological polar surface area (TPSA) is 653 Å². The van der Waals surface area contributed by atoms with Crippen molar-refractivity contribution in [1.82, 2.24) is 93.0 Å². The van der Waals surface area contributed by atoms with Crippen LogP contribution >= 0.6 is 11.8 Å². The Bertz CT molecular complexity index is 4940. The Labute approximate surface area is 767 Å². The second-order valence-electron chi connectivity index (χ2n) is 33.4. The quantitative estimate of drug-likeness (QED) is 0.0147. The molecule has 3 saturated heterocycles. The van der Waals surface area contributed by atoms with Crippen LogP contribution in [0.3, 0.4) is 0 Å². The number of aliphatic carboxylic acids is 1. The lowest BCUT2D eigenvalue weighted by atomic mass is 10.00. The highest BCUT2D eigenvalue weighted by molar-refractivity contribution is 8.00. The van der Waals surface area contributed by atoms with Crippen LogP contribution in [0.25, 0.3) is 21.8 Å². The number of aromatic amines is 2. The number of likely N-dealkylation sites (N-methyl/N-ethyl adjacent to an activating group) is 3. The Kier molecular flexibility index (Phi) is 39.9. The number of carbonyl (C=O) groups excluding carboxylic acids is 16. The number of para-hydroxylation sites is 2. The number of phenols is 1. The van der Waals surface area contributed by atoms with Crippen molar-refractivity contribution in [2.45, 2.75) is 234 Å². The van der Waals surface area contributed by atoms with Crippen molar-refractivity contribution in [1.29, 1.82) is 5.41 Å². The van der Waals surface area contributed by atoms with Gasteiger partial charge in [0.25, 0.3) is 0 Å². The zero-order chi connectivity index (χ0) is 96.7. The summed E-state index contributed by atoms with van der Waals surface area (Å²) in [6.07, 6.45) is 0.857. The minimum atomic E-state index is -1.92. The number of nitrogens with zero attached hydrogens (tertiary/aromatic N) is 5. The molecule has 16 amide bonds. The van der Waals surface area contributed by atoms with E-state index in [4.69, 9.17) is 22.6 Å². The number of unbranched alkanes of at least 4 members (excludes halogenated alkanes) is 2. The van der Waals surface area contributed by atoms with E-state index < -0.39 is 248 Å². The smallest absolute Gasteiger partial charge is 0.303 e. The molecule has 0 unspecified atom stereocenters. The van der Waals surface area contributed by atoms with Gasteiger partial charge in [-0.05, 0) is 119 Å². The van der Waals surface area contributed by atoms with Gasteiger partial charge >= 0.3 is 5.97 Å². The highest BCUT2D eigenvalue weighted by Crippen LogP contribution is 2.28. The van der Waals surface area contributed by atoms with Gasteiger partial charge < -0.3 is 131 Å². The van der Waals surface area contributed by atoms with Gasteiger partial charge in [0, 0.05) is 113 Å². The van der Waals surface area contributed by atoms with Crippen molar-refractivity contribution in [3.8, 4) is 5.75 Å². The monoisotopic (exact) mass is 1860 g/mol. The first-order chi connectivity index (χ1) is 62.9. The van der Waals surface area contributed by atoms with Crippen LogP contribution < -0.4 is 75.7 Å². The van der Waals surface area contributed by atoms with Gasteiger partial charge in [0.1, 0.15) is 90.3 Å². The van der Waals surface area contributed by atoms with Crippen LogP contribution in [0, 0.1) is 5.41 Å². The number of carboxylic acid groups (broad SMARTS) is 1. The molecule has 3 aliphatic rings. The number of thioether (sulfide) groups is 1. The predicted molar refractivity (Wildman–Crippen MR) is 485 cm³/mol. The van der Waals surface area contributed by atoms with Crippen LogP contribution in [0.5, 0.6) is 5.75 Å². The average Bonchev–Trinajstić information content (AvgIpc) is 1.27. The van der Waals surface area contributed by atoms with E-state index in [-0.39, 0.29) is 96.0 Å². The molecule has 3 aliphatic heterocycles. The van der Waals surface area contributed by atoms with Crippen molar-refractivity contribution >= 4 is 140 Å². The fraction of sp³-hybridized carbons (Fsp3) is 0.545. The molecule has 8 rings (SSSR count). The number of nitrogens with one attached hydrogen (secondary N) is 14. The number of aromatic hydroxyl groups is 1. The third-order valence-electron chi connectivity index (χ3n) is 23.7. The molecule has 0 aliphatic carbocycles. The number of rotatable bonds is 26. The van der Waals surface area contributed by atoms with Gasteiger partial charge in [-0.25, -0.2) is 0 Å². The summed E-state index contributed by atoms with van der Waals surface area (Å²) in [5.74, 6) is -17.9. The van der Waals surface area contributed by atoms with Gasteiger partial charge in [0.15, 0.2) is 5.96 Å². The van der Waals surface area contributed by atoms with Crippen molar-refractivity contribution in [2.24, 2.45) is 17.2 Å². The summed E-state index contributed by atoms with van der Waals surface area (Å²) in [5, 5.41) is 80.4. The third kappa shape index (κ3) is 29.3. The fourth-order valence-electron chi connectivity index (χ4n) is 16.1. The van der Waals surface area contributed by atoms with E-state index in [1.54, 1.807) is 60.9 Å². The second-order valence-corrected chi connectivity index (χ2v) is 34.5. The lowest BCUT2D eigenvalue weighted by Crippen LogP contribution is -2.61. The van der Waals surface area contributed by atoms with Crippen molar-refractivity contribution in [3.63, 3.8) is 0 Å². The highest BCUT2D eigenvalue weighted by atomic mass is 32.2. The van der Waals surface area contributed by atoms with Gasteiger partial charge in [-0.3, -0.25) is 86.9 Å². The number of fused-ring (bicyclic) bond motifs is 4. The van der Waals surface area contributed by atoms with Gasteiger partial charge in [-0.1, -0.05) is 88.1 Å². The molecule has 720 valence electrons. The van der Waals surface area contributed by atoms with Crippen molar-refractivity contribution < 1.29 is 102 Å². The molecular formula is C88H126N22O21S. The van der Waals surface area contributed by atoms with Crippen molar-refractivity contribution in [3.05, 3.63) is 102 Å². The van der Waals surface area contributed by atoms with Crippen LogP contribution in [0.4, 0.5) is 0 Å². The lowest BCUT2D eigenvalue weighted by molar-refractivity contribution is -0.149. The lowest BCUT2D eigenvalue weighted by Gasteiger charge is -2.36. The number of amides is 16. The number of aliphatic hydroxyl groups excluding tert-OH is 2. The van der Waals surface area contributed by atoms with E-state index in [0.717, 1.165) is 31.4 Å². The van der Waals surface area contributed by atoms with Crippen LogP contribution in [0.15, 0.2) is 85.2 Å². The van der Waals surface area contributed by atoms with Gasteiger partial charge in [0.05, 0.1) is 25.0 Å². The number of aromatic nitrogens is 2. The number of hydrogen-bond donors (Lipinski definition) is 21.